The predicted octanol–water partition coefficient (Wildman–Crippen LogP) is 3.33. The molecule has 0 fully saturated rings. The lowest BCUT2D eigenvalue weighted by Gasteiger charge is -2.32. The Balaban J connectivity index is 4.56. The van der Waals surface area contributed by atoms with Gasteiger partial charge in [-0.3, -0.25) is 9.05 Å². The number of nitrogens with one attached hydrogen (secondary N) is 1. The summed E-state index contributed by atoms with van der Waals surface area (Å²) in [5.74, 6) is 0.109. The number of hydrogen-bond acceptors (Lipinski definition) is 4. The summed E-state index contributed by atoms with van der Waals surface area (Å²) in [4.78, 5) is 9.84. The molecule has 0 heterocycles. The maximum absolute atomic E-state index is 12.0. The van der Waals surface area contributed by atoms with Gasteiger partial charge in [-0.1, -0.05) is 27.7 Å². The van der Waals surface area contributed by atoms with Gasteiger partial charge in [-0.25, -0.2) is 4.57 Å². The van der Waals surface area contributed by atoms with E-state index in [1.54, 1.807) is 20.8 Å². The van der Waals surface area contributed by atoms with Gasteiger partial charge in [0.15, 0.2) is 0 Å². The summed E-state index contributed by atoms with van der Waals surface area (Å²) in [7, 11) is -4.06. The van der Waals surface area contributed by atoms with Crippen molar-refractivity contribution in [1.29, 1.82) is 0 Å². The molecule has 0 saturated carbocycles. The van der Waals surface area contributed by atoms with Crippen LogP contribution in [0.15, 0.2) is 0 Å². The van der Waals surface area contributed by atoms with Crippen molar-refractivity contribution in [2.75, 3.05) is 0 Å². The number of phosphoric acid groups is 1. The third-order valence-corrected chi connectivity index (χ3v) is 4.64. The lowest BCUT2D eigenvalue weighted by molar-refractivity contribution is 0.00123. The normalized spacial score (nSPS) is 19.5. The zero-order valence-corrected chi connectivity index (χ0v) is 14.3. The van der Waals surface area contributed by atoms with E-state index in [0.29, 0.717) is 0 Å². The van der Waals surface area contributed by atoms with Gasteiger partial charge in [0.1, 0.15) is 0 Å². The van der Waals surface area contributed by atoms with Crippen LogP contribution in [0.5, 0.6) is 0 Å². The topological polar surface area (TPSA) is 67.8 Å². The SMILES string of the molecule is CC(C)NC(C)C(C)OP(=O)(O)OC(C)(C)C(C)C. The predicted molar refractivity (Wildman–Crippen MR) is 78.1 cm³/mol. The van der Waals surface area contributed by atoms with E-state index >= 15 is 0 Å². The van der Waals surface area contributed by atoms with Crippen LogP contribution in [0.1, 0.15) is 55.4 Å². The molecule has 0 spiro atoms. The number of phosphoric ester groups is 1. The molecule has 6 heteroatoms. The van der Waals surface area contributed by atoms with Gasteiger partial charge in [0.25, 0.3) is 0 Å². The zero-order valence-electron chi connectivity index (χ0n) is 13.4. The smallest absolute Gasteiger partial charge is 0.309 e. The second-order valence-electron chi connectivity index (χ2n) is 6.24. The van der Waals surface area contributed by atoms with Crippen LogP contribution in [0.2, 0.25) is 0 Å². The molecule has 0 aromatic carbocycles. The average molecular weight is 295 g/mol. The second-order valence-corrected chi connectivity index (χ2v) is 7.57. The monoisotopic (exact) mass is 295 g/mol. The van der Waals surface area contributed by atoms with Crippen LogP contribution in [-0.2, 0) is 13.6 Å². The first kappa shape index (κ1) is 19.1. The van der Waals surface area contributed by atoms with E-state index in [4.69, 9.17) is 9.05 Å². The van der Waals surface area contributed by atoms with Gasteiger partial charge in [-0.15, -0.1) is 0 Å². The minimum atomic E-state index is -4.06. The lowest BCUT2D eigenvalue weighted by atomic mass is 9.95. The van der Waals surface area contributed by atoms with Gasteiger partial charge in [0, 0.05) is 12.1 Å². The number of rotatable bonds is 8. The average Bonchev–Trinajstić information content (AvgIpc) is 2.13. The Hall–Kier alpha value is 0.0700. The van der Waals surface area contributed by atoms with E-state index in [0.717, 1.165) is 0 Å². The summed E-state index contributed by atoms with van der Waals surface area (Å²) in [5, 5.41) is 3.24. The summed E-state index contributed by atoms with van der Waals surface area (Å²) < 4.78 is 22.5. The summed E-state index contributed by atoms with van der Waals surface area (Å²) in [5.41, 5.74) is -0.710. The third kappa shape index (κ3) is 7.42. The van der Waals surface area contributed by atoms with E-state index in [1.165, 1.54) is 0 Å². The van der Waals surface area contributed by atoms with Gasteiger partial charge in [0.2, 0.25) is 0 Å². The van der Waals surface area contributed by atoms with Crippen molar-refractivity contribution >= 4 is 7.82 Å². The summed E-state index contributed by atoms with van der Waals surface area (Å²) in [6.07, 6.45) is -0.416. The Labute approximate surface area is 117 Å². The molecule has 0 aromatic rings. The molecule has 0 aliphatic heterocycles. The molecule has 3 atom stereocenters. The Kier molecular flexibility index (Phi) is 7.21. The van der Waals surface area contributed by atoms with Crippen LogP contribution in [0.3, 0.4) is 0 Å². The van der Waals surface area contributed by atoms with E-state index in [1.807, 2.05) is 34.6 Å². The molecule has 0 saturated heterocycles. The summed E-state index contributed by atoms with van der Waals surface area (Å²) in [6, 6.07) is 0.249. The highest BCUT2D eigenvalue weighted by Gasteiger charge is 2.36. The van der Waals surface area contributed by atoms with Crippen LogP contribution < -0.4 is 5.32 Å². The van der Waals surface area contributed by atoms with Crippen molar-refractivity contribution in [2.24, 2.45) is 5.92 Å². The van der Waals surface area contributed by atoms with Crippen molar-refractivity contribution in [3.8, 4) is 0 Å². The maximum atomic E-state index is 12.0. The molecule has 0 amide bonds. The highest BCUT2D eigenvalue weighted by molar-refractivity contribution is 7.47. The minimum absolute atomic E-state index is 0.0359. The third-order valence-electron chi connectivity index (χ3n) is 3.34. The van der Waals surface area contributed by atoms with Gasteiger partial charge in [-0.2, -0.15) is 0 Å². The van der Waals surface area contributed by atoms with Crippen LogP contribution in [0.4, 0.5) is 0 Å². The minimum Gasteiger partial charge on any atom is -0.309 e. The first-order chi connectivity index (χ1) is 8.37. The summed E-state index contributed by atoms with van der Waals surface area (Å²) >= 11 is 0. The maximum Gasteiger partial charge on any atom is 0.473 e. The molecule has 2 N–H and O–H groups in total. The van der Waals surface area contributed by atoms with Crippen LogP contribution in [-0.4, -0.2) is 28.7 Å². The highest BCUT2D eigenvalue weighted by Crippen LogP contribution is 2.50. The van der Waals surface area contributed by atoms with Crippen LogP contribution in [0, 0.1) is 5.92 Å². The lowest BCUT2D eigenvalue weighted by Crippen LogP contribution is -2.41. The molecular weight excluding hydrogens is 265 g/mol. The summed E-state index contributed by atoms with van der Waals surface area (Å²) in [6.45, 7) is 15.1. The van der Waals surface area contributed by atoms with Gasteiger partial charge in [0.05, 0.1) is 11.7 Å². The Bertz CT molecular complexity index is 318. The molecule has 19 heavy (non-hydrogen) atoms. The van der Waals surface area contributed by atoms with Crippen molar-refractivity contribution in [1.82, 2.24) is 5.32 Å². The molecule has 0 aliphatic rings. The van der Waals surface area contributed by atoms with E-state index in [2.05, 4.69) is 5.32 Å². The van der Waals surface area contributed by atoms with Crippen LogP contribution >= 0.6 is 7.82 Å². The van der Waals surface area contributed by atoms with Gasteiger partial charge in [-0.05, 0) is 33.6 Å². The fourth-order valence-electron chi connectivity index (χ4n) is 1.39. The molecule has 0 aromatic heterocycles. The van der Waals surface area contributed by atoms with Gasteiger partial charge >= 0.3 is 7.82 Å². The Morgan fingerprint density at radius 1 is 1.11 bits per heavy atom. The molecule has 0 rings (SSSR count). The molecule has 3 unspecified atom stereocenters. The number of hydrogen-bond donors (Lipinski definition) is 2. The molecule has 0 bridgehead atoms. The van der Waals surface area contributed by atoms with E-state index < -0.39 is 19.5 Å². The Morgan fingerprint density at radius 3 is 1.95 bits per heavy atom. The van der Waals surface area contributed by atoms with E-state index in [-0.39, 0.29) is 18.0 Å². The second kappa shape index (κ2) is 7.19. The quantitative estimate of drug-likeness (QED) is 0.672. The first-order valence-electron chi connectivity index (χ1n) is 6.85. The fourth-order valence-corrected chi connectivity index (χ4v) is 2.84. The van der Waals surface area contributed by atoms with Crippen molar-refractivity contribution in [3.63, 3.8) is 0 Å². The van der Waals surface area contributed by atoms with Crippen molar-refractivity contribution < 1.29 is 18.5 Å². The van der Waals surface area contributed by atoms with Gasteiger partial charge < -0.3 is 10.2 Å². The van der Waals surface area contributed by atoms with Crippen molar-refractivity contribution in [3.05, 3.63) is 0 Å². The first-order valence-corrected chi connectivity index (χ1v) is 8.35. The largest absolute Gasteiger partial charge is 0.473 e. The highest BCUT2D eigenvalue weighted by atomic mass is 31.2. The zero-order chi connectivity index (χ0) is 15.4. The standard InChI is InChI=1S/C13H30NO4P/c1-9(2)13(7,8)18-19(15,16)17-12(6)11(5)14-10(3)4/h9-12,14H,1-8H3,(H,15,16). The van der Waals surface area contributed by atoms with Crippen LogP contribution in [0.25, 0.3) is 0 Å². The molecular formula is C13H30NO4P. The van der Waals surface area contributed by atoms with Crippen molar-refractivity contribution in [2.45, 2.75) is 79.2 Å². The fraction of sp³-hybridized carbons (Fsp3) is 1.00. The molecule has 5 nitrogen and oxygen atoms in total. The molecule has 0 aliphatic carbocycles. The Morgan fingerprint density at radius 2 is 1.58 bits per heavy atom. The van der Waals surface area contributed by atoms with E-state index in [9.17, 15) is 9.46 Å². The molecule has 0 radical (unpaired) electrons. The molecule has 116 valence electrons.